The number of hydrogen-bond acceptors (Lipinski definition) is 3. The summed E-state index contributed by atoms with van der Waals surface area (Å²) in [7, 11) is 0. The molecule has 2 N–H and O–H groups in total. The fourth-order valence-electron chi connectivity index (χ4n) is 1.73. The monoisotopic (exact) mass is 182 g/mol. The molecule has 0 radical (unpaired) electrons. The molecule has 1 aromatic heterocycles. The summed E-state index contributed by atoms with van der Waals surface area (Å²) in [5.74, 6) is 0. The second kappa shape index (κ2) is 2.82. The van der Waals surface area contributed by atoms with Crippen LogP contribution in [0.5, 0.6) is 0 Å². The third-order valence-corrected chi connectivity index (χ3v) is 3.63. The summed E-state index contributed by atoms with van der Waals surface area (Å²) in [4.78, 5) is 4.26. The molecule has 0 saturated heterocycles. The highest BCUT2D eigenvalue weighted by atomic mass is 32.1. The summed E-state index contributed by atoms with van der Waals surface area (Å²) in [6.07, 6.45) is 3.75. The zero-order valence-electron chi connectivity index (χ0n) is 7.29. The number of rotatable bonds is 3. The van der Waals surface area contributed by atoms with Crippen LogP contribution in [0.1, 0.15) is 37.9 Å². The van der Waals surface area contributed by atoms with Gasteiger partial charge in [-0.2, -0.15) is 0 Å². The number of thiazole rings is 1. The van der Waals surface area contributed by atoms with E-state index in [9.17, 15) is 0 Å². The highest BCUT2D eigenvalue weighted by Gasteiger charge is 2.47. The maximum Gasteiger partial charge on any atom is 0.0795 e. The Kier molecular flexibility index (Phi) is 1.93. The summed E-state index contributed by atoms with van der Waals surface area (Å²) >= 11 is 1.63. The Hall–Kier alpha value is -0.410. The smallest absolute Gasteiger partial charge is 0.0795 e. The van der Waals surface area contributed by atoms with Gasteiger partial charge < -0.3 is 5.73 Å². The molecule has 2 rings (SSSR count). The van der Waals surface area contributed by atoms with Gasteiger partial charge >= 0.3 is 0 Å². The summed E-state index contributed by atoms with van der Waals surface area (Å²) in [6, 6.07) is 0.175. The zero-order chi connectivity index (χ0) is 8.60. The van der Waals surface area contributed by atoms with Gasteiger partial charge in [0.15, 0.2) is 0 Å². The first-order valence-electron chi connectivity index (χ1n) is 4.42. The quantitative estimate of drug-likeness (QED) is 0.779. The lowest BCUT2D eigenvalue weighted by molar-refractivity contribution is 0.388. The molecule has 2 nitrogen and oxygen atoms in total. The topological polar surface area (TPSA) is 38.9 Å². The number of nitrogens with two attached hydrogens (primary N) is 1. The maximum atomic E-state index is 6.13. The van der Waals surface area contributed by atoms with Crippen LogP contribution in [0.4, 0.5) is 0 Å². The van der Waals surface area contributed by atoms with Crippen molar-refractivity contribution < 1.29 is 0 Å². The van der Waals surface area contributed by atoms with Gasteiger partial charge in [0, 0.05) is 5.38 Å². The zero-order valence-corrected chi connectivity index (χ0v) is 8.10. The Morgan fingerprint density at radius 1 is 1.75 bits per heavy atom. The van der Waals surface area contributed by atoms with Crippen molar-refractivity contribution in [2.24, 2.45) is 11.1 Å². The van der Waals surface area contributed by atoms with Gasteiger partial charge in [0.05, 0.1) is 17.2 Å². The Balaban J connectivity index is 2.15. The molecule has 0 spiro atoms. The summed E-state index contributed by atoms with van der Waals surface area (Å²) in [6.45, 7) is 2.22. The van der Waals surface area contributed by atoms with Gasteiger partial charge in [-0.1, -0.05) is 6.92 Å². The van der Waals surface area contributed by atoms with Crippen LogP contribution in [0.25, 0.3) is 0 Å². The first-order chi connectivity index (χ1) is 5.78. The van der Waals surface area contributed by atoms with Crippen LogP contribution in [0.2, 0.25) is 0 Å². The Morgan fingerprint density at radius 2 is 2.50 bits per heavy atom. The predicted molar refractivity (Wildman–Crippen MR) is 51.0 cm³/mol. The Bertz CT molecular complexity index is 252. The highest BCUT2D eigenvalue weighted by molar-refractivity contribution is 7.07. The molecule has 3 heteroatoms. The molecular weight excluding hydrogens is 168 g/mol. The second-order valence-electron chi connectivity index (χ2n) is 3.61. The van der Waals surface area contributed by atoms with Crippen LogP contribution in [-0.4, -0.2) is 4.98 Å². The van der Waals surface area contributed by atoms with E-state index in [4.69, 9.17) is 5.73 Å². The van der Waals surface area contributed by atoms with Crippen LogP contribution in [0, 0.1) is 5.41 Å². The van der Waals surface area contributed by atoms with Crippen molar-refractivity contribution >= 4 is 11.3 Å². The van der Waals surface area contributed by atoms with E-state index in [1.165, 1.54) is 19.3 Å². The van der Waals surface area contributed by atoms with E-state index in [-0.39, 0.29) is 6.04 Å². The molecule has 1 heterocycles. The van der Waals surface area contributed by atoms with E-state index in [0.29, 0.717) is 5.41 Å². The van der Waals surface area contributed by atoms with Crippen molar-refractivity contribution in [1.82, 2.24) is 4.98 Å². The standard InChI is InChI=1S/C9H14N2S/c1-2-9(3-4-9)8(10)7-5-12-6-11-7/h5-6,8H,2-4,10H2,1H3. The van der Waals surface area contributed by atoms with Crippen molar-refractivity contribution in [2.75, 3.05) is 0 Å². The minimum atomic E-state index is 0.175. The fourth-order valence-corrected chi connectivity index (χ4v) is 2.32. The van der Waals surface area contributed by atoms with Crippen molar-refractivity contribution in [3.8, 4) is 0 Å². The largest absolute Gasteiger partial charge is 0.322 e. The lowest BCUT2D eigenvalue weighted by atomic mass is 9.92. The molecule has 1 aliphatic rings. The Morgan fingerprint density at radius 3 is 2.92 bits per heavy atom. The molecule has 1 aromatic rings. The van der Waals surface area contributed by atoms with Crippen molar-refractivity contribution in [3.63, 3.8) is 0 Å². The van der Waals surface area contributed by atoms with Crippen LogP contribution >= 0.6 is 11.3 Å². The number of hydrogen-bond donors (Lipinski definition) is 1. The number of nitrogens with zero attached hydrogens (tertiary/aromatic N) is 1. The highest BCUT2D eigenvalue weighted by Crippen LogP contribution is 2.56. The molecule has 0 bridgehead atoms. The summed E-state index contributed by atoms with van der Waals surface area (Å²) in [5, 5.41) is 2.07. The van der Waals surface area contributed by atoms with Crippen LogP contribution in [-0.2, 0) is 0 Å². The molecule has 1 atom stereocenters. The van der Waals surface area contributed by atoms with Gasteiger partial charge in [-0.3, -0.25) is 0 Å². The molecule has 0 aromatic carbocycles. The van der Waals surface area contributed by atoms with E-state index in [2.05, 4.69) is 17.3 Å². The normalized spacial score (nSPS) is 22.2. The SMILES string of the molecule is CCC1(C(N)c2cscn2)CC1. The van der Waals surface area contributed by atoms with E-state index >= 15 is 0 Å². The molecule has 0 aliphatic heterocycles. The molecule has 66 valence electrons. The molecule has 1 aliphatic carbocycles. The van der Waals surface area contributed by atoms with E-state index in [0.717, 1.165) is 5.69 Å². The maximum absolute atomic E-state index is 6.13. The van der Waals surface area contributed by atoms with Gasteiger partial charge in [-0.15, -0.1) is 11.3 Å². The van der Waals surface area contributed by atoms with E-state index in [1.807, 2.05) is 5.51 Å². The fraction of sp³-hybridized carbons (Fsp3) is 0.667. The van der Waals surface area contributed by atoms with Crippen molar-refractivity contribution in [1.29, 1.82) is 0 Å². The lowest BCUT2D eigenvalue weighted by Crippen LogP contribution is -2.22. The van der Waals surface area contributed by atoms with Crippen molar-refractivity contribution in [3.05, 3.63) is 16.6 Å². The molecule has 1 unspecified atom stereocenters. The van der Waals surface area contributed by atoms with Gasteiger partial charge in [-0.25, -0.2) is 4.98 Å². The average Bonchev–Trinajstić information content (AvgIpc) is 2.71. The summed E-state index contributed by atoms with van der Waals surface area (Å²) < 4.78 is 0. The minimum Gasteiger partial charge on any atom is -0.322 e. The average molecular weight is 182 g/mol. The van der Waals surface area contributed by atoms with Crippen LogP contribution in [0.3, 0.4) is 0 Å². The molecule has 1 fully saturated rings. The first-order valence-corrected chi connectivity index (χ1v) is 5.36. The molecule has 12 heavy (non-hydrogen) atoms. The predicted octanol–water partition coefficient (Wildman–Crippen LogP) is 2.33. The van der Waals surface area contributed by atoms with Gasteiger partial charge in [0.25, 0.3) is 0 Å². The third kappa shape index (κ3) is 1.17. The second-order valence-corrected chi connectivity index (χ2v) is 4.33. The van der Waals surface area contributed by atoms with E-state index in [1.54, 1.807) is 11.3 Å². The molecule has 0 amide bonds. The van der Waals surface area contributed by atoms with E-state index < -0.39 is 0 Å². The number of aromatic nitrogens is 1. The molecular formula is C9H14N2S. The van der Waals surface area contributed by atoms with Gasteiger partial charge in [0.1, 0.15) is 0 Å². The third-order valence-electron chi connectivity index (χ3n) is 3.03. The van der Waals surface area contributed by atoms with Crippen LogP contribution in [0.15, 0.2) is 10.9 Å². The van der Waals surface area contributed by atoms with Gasteiger partial charge in [-0.05, 0) is 24.7 Å². The van der Waals surface area contributed by atoms with Gasteiger partial charge in [0.2, 0.25) is 0 Å². The lowest BCUT2D eigenvalue weighted by Gasteiger charge is -2.19. The molecule has 1 saturated carbocycles. The van der Waals surface area contributed by atoms with Crippen LogP contribution < -0.4 is 5.73 Å². The Labute approximate surface area is 76.8 Å². The summed E-state index contributed by atoms with van der Waals surface area (Å²) in [5.41, 5.74) is 9.48. The minimum absolute atomic E-state index is 0.175. The first kappa shape index (κ1) is 8.20. The van der Waals surface area contributed by atoms with Crippen molar-refractivity contribution in [2.45, 2.75) is 32.2 Å².